The number of nitrogens with one attached hydrogen (secondary N) is 1. The van der Waals surface area contributed by atoms with Gasteiger partial charge in [-0.15, -0.1) is 0 Å². The van der Waals surface area contributed by atoms with Gasteiger partial charge in [0.1, 0.15) is 0 Å². The maximum Gasteiger partial charge on any atom is 0.229 e. The molecule has 2 aromatic rings. The van der Waals surface area contributed by atoms with Crippen LogP contribution < -0.4 is 10.2 Å². The predicted molar refractivity (Wildman–Crippen MR) is 101 cm³/mol. The van der Waals surface area contributed by atoms with Gasteiger partial charge >= 0.3 is 0 Å². The Kier molecular flexibility index (Phi) is 4.88. The molecule has 4 nitrogen and oxygen atoms in total. The Balaban J connectivity index is 1.72. The second-order valence-electron chi connectivity index (χ2n) is 6.68. The molecule has 130 valence electrons. The molecule has 2 aromatic carbocycles. The third-order valence-corrected chi connectivity index (χ3v) is 4.88. The van der Waals surface area contributed by atoms with Gasteiger partial charge in [-0.3, -0.25) is 9.59 Å². The third kappa shape index (κ3) is 3.58. The van der Waals surface area contributed by atoms with E-state index in [2.05, 4.69) is 12.2 Å². The van der Waals surface area contributed by atoms with Gasteiger partial charge in [-0.1, -0.05) is 37.3 Å². The summed E-state index contributed by atoms with van der Waals surface area (Å²) in [6.45, 7) is 6.49. The number of para-hydroxylation sites is 1. The minimum Gasteiger partial charge on any atom is -0.325 e. The molecule has 0 unspecified atom stereocenters. The van der Waals surface area contributed by atoms with Gasteiger partial charge in [-0.25, -0.2) is 0 Å². The lowest BCUT2D eigenvalue weighted by Crippen LogP contribution is -2.28. The highest BCUT2D eigenvalue weighted by Crippen LogP contribution is 2.27. The minimum absolute atomic E-state index is 0.00547. The molecule has 1 N–H and O–H groups in total. The van der Waals surface area contributed by atoms with E-state index in [0.717, 1.165) is 28.9 Å². The fraction of sp³-hybridized carbons (Fsp3) is 0.333. The van der Waals surface area contributed by atoms with Crippen LogP contribution in [0, 0.1) is 19.8 Å². The zero-order chi connectivity index (χ0) is 18.0. The second kappa shape index (κ2) is 7.09. The maximum atomic E-state index is 12.7. The highest BCUT2D eigenvalue weighted by atomic mass is 16.2. The standard InChI is InChI=1S/C21H24N2O2/c1-4-16-8-10-18(11-9-16)23-13-17(12-19(23)24)21(25)22-20-14(2)6-5-7-15(20)3/h5-11,17H,4,12-13H2,1-3H3,(H,22,25)/t17-/m0/s1. The molecular weight excluding hydrogens is 312 g/mol. The number of aryl methyl sites for hydroxylation is 3. The van der Waals surface area contributed by atoms with Gasteiger partial charge in [0.2, 0.25) is 11.8 Å². The number of nitrogens with zero attached hydrogens (tertiary/aromatic N) is 1. The lowest BCUT2D eigenvalue weighted by atomic mass is 10.1. The van der Waals surface area contributed by atoms with Crippen LogP contribution in [0.5, 0.6) is 0 Å². The molecule has 25 heavy (non-hydrogen) atoms. The quantitative estimate of drug-likeness (QED) is 0.922. The lowest BCUT2D eigenvalue weighted by molar-refractivity contribution is -0.122. The van der Waals surface area contributed by atoms with Crippen LogP contribution in [0.3, 0.4) is 0 Å². The summed E-state index contributed by atoms with van der Waals surface area (Å²) in [6, 6.07) is 13.9. The van der Waals surface area contributed by atoms with Crippen LogP contribution in [-0.2, 0) is 16.0 Å². The van der Waals surface area contributed by atoms with Crippen molar-refractivity contribution < 1.29 is 9.59 Å². The molecule has 1 fully saturated rings. The molecule has 3 rings (SSSR count). The summed E-state index contributed by atoms with van der Waals surface area (Å²) in [7, 11) is 0. The summed E-state index contributed by atoms with van der Waals surface area (Å²) in [5.41, 5.74) is 5.02. The molecule has 2 amide bonds. The number of rotatable bonds is 4. The number of benzene rings is 2. The fourth-order valence-corrected chi connectivity index (χ4v) is 3.28. The number of amides is 2. The number of hydrogen-bond donors (Lipinski definition) is 1. The van der Waals surface area contributed by atoms with Crippen molar-refractivity contribution in [2.45, 2.75) is 33.6 Å². The Bertz CT molecular complexity index is 776. The van der Waals surface area contributed by atoms with Crippen molar-refractivity contribution in [2.24, 2.45) is 5.92 Å². The Labute approximate surface area is 148 Å². The normalized spacial score (nSPS) is 17.0. The van der Waals surface area contributed by atoms with Gasteiger partial charge in [-0.2, -0.15) is 0 Å². The topological polar surface area (TPSA) is 49.4 Å². The zero-order valence-corrected chi connectivity index (χ0v) is 15.0. The van der Waals surface area contributed by atoms with E-state index in [4.69, 9.17) is 0 Å². The molecule has 1 heterocycles. The maximum absolute atomic E-state index is 12.7. The average Bonchev–Trinajstić information content (AvgIpc) is 3.00. The van der Waals surface area contributed by atoms with Crippen LogP contribution in [0.25, 0.3) is 0 Å². The summed E-state index contributed by atoms with van der Waals surface area (Å²) in [6.07, 6.45) is 1.22. The number of carbonyl (C=O) groups excluding carboxylic acids is 2. The molecule has 0 bridgehead atoms. The molecule has 4 heteroatoms. The van der Waals surface area contributed by atoms with Crippen molar-refractivity contribution in [3.63, 3.8) is 0 Å². The summed E-state index contributed by atoms with van der Waals surface area (Å²) >= 11 is 0. The van der Waals surface area contributed by atoms with Crippen LogP contribution in [0.1, 0.15) is 30.0 Å². The first kappa shape index (κ1) is 17.2. The Morgan fingerprint density at radius 2 is 1.76 bits per heavy atom. The first-order valence-electron chi connectivity index (χ1n) is 8.76. The molecule has 0 saturated carbocycles. The Morgan fingerprint density at radius 3 is 2.36 bits per heavy atom. The SMILES string of the molecule is CCc1ccc(N2C[C@@H](C(=O)Nc3c(C)cccc3C)CC2=O)cc1. The van der Waals surface area contributed by atoms with E-state index in [1.807, 2.05) is 56.3 Å². The van der Waals surface area contributed by atoms with Crippen LogP contribution in [0.15, 0.2) is 42.5 Å². The van der Waals surface area contributed by atoms with Crippen LogP contribution in [0.4, 0.5) is 11.4 Å². The van der Waals surface area contributed by atoms with E-state index < -0.39 is 0 Å². The van der Waals surface area contributed by atoms with Crippen molar-refractivity contribution in [3.8, 4) is 0 Å². The summed E-state index contributed by atoms with van der Waals surface area (Å²) in [4.78, 5) is 26.7. The molecule has 0 spiro atoms. The van der Waals surface area contributed by atoms with Crippen molar-refractivity contribution in [3.05, 3.63) is 59.2 Å². The molecular formula is C21H24N2O2. The van der Waals surface area contributed by atoms with Gasteiger partial charge in [-0.05, 0) is 49.1 Å². The second-order valence-corrected chi connectivity index (χ2v) is 6.68. The number of carbonyl (C=O) groups is 2. The zero-order valence-electron chi connectivity index (χ0n) is 15.0. The first-order chi connectivity index (χ1) is 12.0. The lowest BCUT2D eigenvalue weighted by Gasteiger charge is -2.18. The number of hydrogen-bond acceptors (Lipinski definition) is 2. The van der Waals surface area contributed by atoms with Crippen LogP contribution in [-0.4, -0.2) is 18.4 Å². The molecule has 0 radical (unpaired) electrons. The van der Waals surface area contributed by atoms with Crippen LogP contribution in [0.2, 0.25) is 0 Å². The molecule has 0 aliphatic carbocycles. The van der Waals surface area contributed by atoms with Crippen molar-refractivity contribution in [1.29, 1.82) is 0 Å². The Morgan fingerprint density at radius 1 is 1.12 bits per heavy atom. The smallest absolute Gasteiger partial charge is 0.229 e. The van der Waals surface area contributed by atoms with Crippen molar-refractivity contribution in [2.75, 3.05) is 16.8 Å². The molecule has 1 atom stereocenters. The largest absolute Gasteiger partial charge is 0.325 e. The minimum atomic E-state index is -0.322. The highest BCUT2D eigenvalue weighted by molar-refractivity contribution is 6.03. The summed E-state index contributed by atoms with van der Waals surface area (Å²) in [5.74, 6) is -0.401. The fourth-order valence-electron chi connectivity index (χ4n) is 3.28. The molecule has 1 aliphatic heterocycles. The van der Waals surface area contributed by atoms with E-state index in [1.54, 1.807) is 4.90 Å². The monoisotopic (exact) mass is 336 g/mol. The summed E-state index contributed by atoms with van der Waals surface area (Å²) < 4.78 is 0. The highest BCUT2D eigenvalue weighted by Gasteiger charge is 2.35. The van der Waals surface area contributed by atoms with Crippen molar-refractivity contribution in [1.82, 2.24) is 0 Å². The Hall–Kier alpha value is -2.62. The van der Waals surface area contributed by atoms with E-state index in [9.17, 15) is 9.59 Å². The van der Waals surface area contributed by atoms with Gasteiger partial charge in [0.15, 0.2) is 0 Å². The molecule has 1 aliphatic rings. The van der Waals surface area contributed by atoms with E-state index in [1.165, 1.54) is 5.56 Å². The van der Waals surface area contributed by atoms with Gasteiger partial charge in [0.05, 0.1) is 5.92 Å². The van der Waals surface area contributed by atoms with E-state index in [0.29, 0.717) is 6.54 Å². The molecule has 0 aromatic heterocycles. The number of anilines is 2. The van der Waals surface area contributed by atoms with Gasteiger partial charge in [0.25, 0.3) is 0 Å². The average molecular weight is 336 g/mol. The first-order valence-corrected chi connectivity index (χ1v) is 8.76. The van der Waals surface area contributed by atoms with Crippen molar-refractivity contribution >= 4 is 23.2 Å². The molecule has 1 saturated heterocycles. The third-order valence-electron chi connectivity index (χ3n) is 4.88. The van der Waals surface area contributed by atoms with E-state index in [-0.39, 0.29) is 24.2 Å². The van der Waals surface area contributed by atoms with Gasteiger partial charge in [0, 0.05) is 24.3 Å². The van der Waals surface area contributed by atoms with E-state index >= 15 is 0 Å². The van der Waals surface area contributed by atoms with Crippen LogP contribution >= 0.6 is 0 Å². The predicted octanol–water partition coefficient (Wildman–Crippen LogP) is 3.86. The summed E-state index contributed by atoms with van der Waals surface area (Å²) in [5, 5.41) is 3.01. The van der Waals surface area contributed by atoms with Gasteiger partial charge < -0.3 is 10.2 Å².